The molecule has 2 heterocycles. The Labute approximate surface area is 185 Å². The van der Waals surface area contributed by atoms with Crippen molar-refractivity contribution in [3.63, 3.8) is 0 Å². The van der Waals surface area contributed by atoms with E-state index in [1.165, 1.54) is 27.9 Å². The molecule has 1 aliphatic carbocycles. The maximum atomic E-state index is 12.9. The summed E-state index contributed by atoms with van der Waals surface area (Å²) in [5.74, 6) is -0.966. The van der Waals surface area contributed by atoms with Gasteiger partial charge in [0, 0.05) is 32.4 Å². The van der Waals surface area contributed by atoms with Crippen LogP contribution in [0.1, 0.15) is 44.8 Å². The van der Waals surface area contributed by atoms with Crippen LogP contribution in [0.15, 0.2) is 41.2 Å². The fourth-order valence-corrected chi connectivity index (χ4v) is 5.14. The molecule has 9 nitrogen and oxygen atoms in total. The number of pyridine rings is 1. The Kier molecular flexibility index (Phi) is 5.38. The third-order valence-corrected chi connectivity index (χ3v) is 8.24. The van der Waals surface area contributed by atoms with Crippen molar-refractivity contribution in [1.29, 1.82) is 5.26 Å². The van der Waals surface area contributed by atoms with Crippen LogP contribution < -0.4 is 10.9 Å². The Balaban J connectivity index is 1.49. The number of hydrogen-bond donors (Lipinski definition) is 1. The normalized spacial score (nSPS) is 16.8. The lowest BCUT2D eigenvalue weighted by atomic mass is 10.1. The van der Waals surface area contributed by atoms with E-state index in [2.05, 4.69) is 5.32 Å². The Bertz CT molecular complexity index is 1300. The van der Waals surface area contributed by atoms with Gasteiger partial charge in [0.2, 0.25) is 0 Å². The molecule has 2 aromatic rings. The zero-order valence-corrected chi connectivity index (χ0v) is 18.3. The fourth-order valence-electron chi connectivity index (χ4n) is 3.90. The number of carbonyl (C=O) groups excluding carboxylic acids is 2. The quantitative estimate of drug-likeness (QED) is 0.683. The largest absolute Gasteiger partial charge is 0.348 e. The Morgan fingerprint density at radius 1 is 1.12 bits per heavy atom. The van der Waals surface area contributed by atoms with Crippen molar-refractivity contribution < 1.29 is 18.0 Å². The molecule has 0 atom stereocenters. The summed E-state index contributed by atoms with van der Waals surface area (Å²) < 4.78 is 24.5. The van der Waals surface area contributed by atoms with Crippen molar-refractivity contribution in [2.24, 2.45) is 0 Å². The molecule has 1 aliphatic heterocycles. The second-order valence-corrected chi connectivity index (χ2v) is 10.7. The second kappa shape index (κ2) is 7.91. The van der Waals surface area contributed by atoms with E-state index < -0.39 is 32.0 Å². The average Bonchev–Trinajstić information content (AvgIpc) is 3.56. The van der Waals surface area contributed by atoms with E-state index >= 15 is 0 Å². The first-order valence-electron chi connectivity index (χ1n) is 10.2. The third kappa shape index (κ3) is 3.91. The molecule has 32 heavy (non-hydrogen) atoms. The number of sulfone groups is 1. The predicted molar refractivity (Wildman–Crippen MR) is 116 cm³/mol. The number of benzene rings is 1. The van der Waals surface area contributed by atoms with Crippen molar-refractivity contribution >= 4 is 21.7 Å². The van der Waals surface area contributed by atoms with Crippen LogP contribution in [0, 0.1) is 11.3 Å². The standard InChI is InChI=1S/C22H22N4O5S/c1-32(30,31)22(8-9-22)14-25-10-11-26-18(21(25)29)7-6-17(20(26)28)19(27)24-13-16-4-2-15(12-23)3-5-16/h2-7H,8-11,13-14H2,1H3,(H,24,27). The van der Waals surface area contributed by atoms with Crippen LogP contribution in [0.4, 0.5) is 0 Å². The number of carbonyl (C=O) groups is 2. The SMILES string of the molecule is CS(=O)(=O)C1(CN2CCn3c(ccc(C(=O)NCc4ccc(C#N)cc4)c3=O)C2=O)CC1. The summed E-state index contributed by atoms with van der Waals surface area (Å²) >= 11 is 0. The van der Waals surface area contributed by atoms with Crippen molar-refractivity contribution in [3.05, 3.63) is 69.1 Å². The van der Waals surface area contributed by atoms with Gasteiger partial charge in [0.25, 0.3) is 17.4 Å². The van der Waals surface area contributed by atoms with Crippen LogP contribution in [0.5, 0.6) is 0 Å². The lowest BCUT2D eigenvalue weighted by Crippen LogP contribution is -2.49. The van der Waals surface area contributed by atoms with Gasteiger partial charge in [-0.05, 0) is 42.7 Å². The van der Waals surface area contributed by atoms with E-state index in [4.69, 9.17) is 5.26 Å². The molecule has 0 spiro atoms. The predicted octanol–water partition coefficient (Wildman–Crippen LogP) is 0.683. The molecule has 1 N–H and O–H groups in total. The summed E-state index contributed by atoms with van der Waals surface area (Å²) in [6.45, 7) is 0.702. The van der Waals surface area contributed by atoms with Crippen molar-refractivity contribution in [3.8, 4) is 6.07 Å². The van der Waals surface area contributed by atoms with E-state index in [1.807, 2.05) is 6.07 Å². The minimum absolute atomic E-state index is 0.0709. The summed E-state index contributed by atoms with van der Waals surface area (Å²) in [6.07, 6.45) is 2.25. The number of amides is 2. The van der Waals surface area contributed by atoms with Crippen LogP contribution in [0.25, 0.3) is 0 Å². The van der Waals surface area contributed by atoms with Gasteiger partial charge in [-0.15, -0.1) is 0 Å². The molecule has 166 valence electrons. The van der Waals surface area contributed by atoms with Crippen LogP contribution in [0.3, 0.4) is 0 Å². The van der Waals surface area contributed by atoms with Gasteiger partial charge in [0.1, 0.15) is 11.3 Å². The first-order valence-corrected chi connectivity index (χ1v) is 12.0. The van der Waals surface area contributed by atoms with Crippen LogP contribution in [0.2, 0.25) is 0 Å². The summed E-state index contributed by atoms with van der Waals surface area (Å²) in [6, 6.07) is 11.5. The number of hydrogen-bond acceptors (Lipinski definition) is 6. The molecule has 0 radical (unpaired) electrons. The molecule has 2 amide bonds. The molecule has 10 heteroatoms. The van der Waals surface area contributed by atoms with Gasteiger partial charge in [-0.1, -0.05) is 12.1 Å². The first kappa shape index (κ1) is 21.8. The highest BCUT2D eigenvalue weighted by Crippen LogP contribution is 2.44. The molecule has 0 saturated heterocycles. The highest BCUT2D eigenvalue weighted by atomic mass is 32.2. The number of rotatable bonds is 6. The van der Waals surface area contributed by atoms with Crippen LogP contribution >= 0.6 is 0 Å². The third-order valence-electron chi connectivity index (χ3n) is 6.13. The zero-order chi connectivity index (χ0) is 23.1. The van der Waals surface area contributed by atoms with Crippen molar-refractivity contribution in [2.75, 3.05) is 19.3 Å². The van der Waals surface area contributed by atoms with Gasteiger partial charge >= 0.3 is 0 Å². The number of nitriles is 1. The van der Waals surface area contributed by atoms with E-state index in [0.29, 0.717) is 18.4 Å². The molecular weight excluding hydrogens is 432 g/mol. The van der Waals surface area contributed by atoms with Crippen LogP contribution in [-0.4, -0.2) is 53.8 Å². The van der Waals surface area contributed by atoms with Gasteiger partial charge < -0.3 is 14.8 Å². The Hall–Kier alpha value is -3.45. The van der Waals surface area contributed by atoms with Gasteiger partial charge in [-0.2, -0.15) is 5.26 Å². The highest BCUT2D eigenvalue weighted by molar-refractivity contribution is 7.92. The maximum Gasteiger partial charge on any atom is 0.270 e. The smallest absolute Gasteiger partial charge is 0.270 e. The minimum Gasteiger partial charge on any atom is -0.348 e. The molecule has 0 bridgehead atoms. The summed E-state index contributed by atoms with van der Waals surface area (Å²) in [5, 5.41) is 11.5. The average molecular weight is 455 g/mol. The number of nitrogens with one attached hydrogen (secondary N) is 1. The van der Waals surface area contributed by atoms with E-state index in [9.17, 15) is 22.8 Å². The summed E-state index contributed by atoms with van der Waals surface area (Å²) in [7, 11) is -3.28. The fraction of sp³-hybridized carbons (Fsp3) is 0.364. The lowest BCUT2D eigenvalue weighted by molar-refractivity contribution is 0.0695. The molecule has 2 aliphatic rings. The van der Waals surface area contributed by atoms with Gasteiger partial charge in [0.05, 0.1) is 16.4 Å². The van der Waals surface area contributed by atoms with E-state index in [0.717, 1.165) is 5.56 Å². The molecular formula is C22H22N4O5S. The van der Waals surface area contributed by atoms with Crippen molar-refractivity contribution in [2.45, 2.75) is 30.7 Å². The van der Waals surface area contributed by atoms with Gasteiger partial charge in [-0.3, -0.25) is 14.4 Å². The van der Waals surface area contributed by atoms with E-state index in [-0.39, 0.29) is 37.4 Å². The van der Waals surface area contributed by atoms with Gasteiger partial charge in [0.15, 0.2) is 9.84 Å². The molecule has 1 saturated carbocycles. The van der Waals surface area contributed by atoms with E-state index in [1.54, 1.807) is 24.3 Å². The lowest BCUT2D eigenvalue weighted by Gasteiger charge is -2.32. The molecule has 1 aromatic carbocycles. The Morgan fingerprint density at radius 2 is 1.81 bits per heavy atom. The summed E-state index contributed by atoms with van der Waals surface area (Å²) in [4.78, 5) is 39.8. The van der Waals surface area contributed by atoms with Crippen LogP contribution in [-0.2, 0) is 22.9 Å². The van der Waals surface area contributed by atoms with Gasteiger partial charge in [-0.25, -0.2) is 8.42 Å². The highest BCUT2D eigenvalue weighted by Gasteiger charge is 2.54. The molecule has 1 fully saturated rings. The topological polar surface area (TPSA) is 129 Å². The number of nitrogens with zero attached hydrogens (tertiary/aromatic N) is 3. The Morgan fingerprint density at radius 3 is 2.41 bits per heavy atom. The molecule has 4 rings (SSSR count). The molecule has 0 unspecified atom stereocenters. The number of fused-ring (bicyclic) bond motifs is 1. The van der Waals surface area contributed by atoms with Crippen molar-refractivity contribution in [1.82, 2.24) is 14.8 Å². The minimum atomic E-state index is -3.28. The monoisotopic (exact) mass is 454 g/mol. The summed E-state index contributed by atoms with van der Waals surface area (Å²) in [5.41, 5.74) is 0.807. The maximum absolute atomic E-state index is 12.9. The molecule has 1 aromatic heterocycles. The first-order chi connectivity index (χ1) is 15.1. The zero-order valence-electron chi connectivity index (χ0n) is 17.5. The second-order valence-electron chi connectivity index (χ2n) is 8.26. The number of aromatic nitrogens is 1.